The molecule has 0 aliphatic carbocycles. The minimum absolute atomic E-state index is 0.382. The largest absolute Gasteiger partial charge is 0.415 e. The maximum Gasteiger partial charge on any atom is 0.415 e. The normalized spacial score (nSPS) is 11.1. The lowest BCUT2D eigenvalue weighted by Crippen LogP contribution is -2.33. The predicted molar refractivity (Wildman–Crippen MR) is 137 cm³/mol. The molecule has 0 aliphatic heterocycles. The molecule has 0 spiro atoms. The Hall–Kier alpha value is -2.95. The summed E-state index contributed by atoms with van der Waals surface area (Å²) < 4.78 is 8.05. The molecule has 1 amide bonds. The molecule has 3 aromatic carbocycles. The van der Waals surface area contributed by atoms with E-state index in [0.29, 0.717) is 28.9 Å². The third-order valence-corrected chi connectivity index (χ3v) is 6.19. The number of carbonyl (C=O) groups excluding carboxylic acids is 1. The van der Waals surface area contributed by atoms with Gasteiger partial charge in [0.05, 0.1) is 0 Å². The zero-order valence-corrected chi connectivity index (χ0v) is 20.5. The highest BCUT2D eigenvalue weighted by Crippen LogP contribution is 2.40. The van der Waals surface area contributed by atoms with Gasteiger partial charge < -0.3 is 14.2 Å². The monoisotopic (exact) mass is 480 g/mol. The van der Waals surface area contributed by atoms with Crippen molar-refractivity contribution in [2.45, 2.75) is 27.3 Å². The van der Waals surface area contributed by atoms with Crippen LogP contribution < -0.4 is 4.74 Å². The Morgan fingerprint density at radius 3 is 2.24 bits per heavy atom. The van der Waals surface area contributed by atoms with E-state index in [-0.39, 0.29) is 6.09 Å². The van der Waals surface area contributed by atoms with Gasteiger partial charge >= 0.3 is 6.09 Å². The van der Waals surface area contributed by atoms with Gasteiger partial charge in [-0.3, -0.25) is 0 Å². The van der Waals surface area contributed by atoms with Crippen molar-refractivity contribution < 1.29 is 9.53 Å². The lowest BCUT2D eigenvalue weighted by molar-refractivity contribution is 0.157. The minimum Gasteiger partial charge on any atom is -0.410 e. The Morgan fingerprint density at radius 1 is 0.939 bits per heavy atom. The van der Waals surface area contributed by atoms with Crippen LogP contribution in [0.3, 0.4) is 0 Å². The molecule has 0 N–H and O–H groups in total. The van der Waals surface area contributed by atoms with E-state index >= 15 is 0 Å². The fourth-order valence-corrected chi connectivity index (χ4v) is 4.53. The first-order valence-corrected chi connectivity index (χ1v) is 11.8. The number of hydrogen-bond acceptors (Lipinski definition) is 2. The second kappa shape index (κ2) is 9.90. The van der Waals surface area contributed by atoms with Crippen molar-refractivity contribution in [2.24, 2.45) is 0 Å². The topological polar surface area (TPSA) is 34.5 Å². The van der Waals surface area contributed by atoms with Crippen LogP contribution >= 0.6 is 23.2 Å². The summed E-state index contributed by atoms with van der Waals surface area (Å²) in [7, 11) is 0. The van der Waals surface area contributed by atoms with Gasteiger partial charge in [0.25, 0.3) is 0 Å². The molecule has 0 bridgehead atoms. The van der Waals surface area contributed by atoms with Crippen LogP contribution in [-0.4, -0.2) is 28.6 Å². The highest BCUT2D eigenvalue weighted by atomic mass is 35.5. The zero-order chi connectivity index (χ0) is 23.5. The average Bonchev–Trinajstić information content (AvgIpc) is 3.18. The summed E-state index contributed by atoms with van der Waals surface area (Å²) in [5.74, 6) is 0.478. The third kappa shape index (κ3) is 5.02. The Balaban J connectivity index is 1.83. The second-order valence-electron chi connectivity index (χ2n) is 8.00. The molecular formula is C27H26Cl2N2O2. The van der Waals surface area contributed by atoms with Gasteiger partial charge in [0.1, 0.15) is 5.75 Å². The van der Waals surface area contributed by atoms with Crippen molar-refractivity contribution >= 4 is 40.2 Å². The molecule has 1 heterocycles. The highest BCUT2D eigenvalue weighted by molar-refractivity contribution is 6.35. The number of halogens is 2. The Bertz CT molecular complexity index is 1270. The fraction of sp³-hybridized carbons (Fsp3) is 0.222. The van der Waals surface area contributed by atoms with Crippen LogP contribution in [0.1, 0.15) is 25.0 Å². The number of carbonyl (C=O) groups is 1. The maximum absolute atomic E-state index is 12.7. The zero-order valence-electron chi connectivity index (χ0n) is 18.9. The first-order valence-electron chi connectivity index (χ1n) is 11.0. The molecule has 0 fully saturated rings. The first-order chi connectivity index (χ1) is 15.9. The van der Waals surface area contributed by atoms with Gasteiger partial charge in [-0.2, -0.15) is 0 Å². The first kappa shape index (κ1) is 23.2. The maximum atomic E-state index is 12.7. The Kier molecular flexibility index (Phi) is 6.96. The fourth-order valence-electron chi connectivity index (χ4n) is 4.00. The average molecular weight is 481 g/mol. The van der Waals surface area contributed by atoms with E-state index in [1.54, 1.807) is 11.0 Å². The van der Waals surface area contributed by atoms with Crippen molar-refractivity contribution in [3.8, 4) is 16.9 Å². The molecular weight excluding hydrogens is 455 g/mol. The smallest absolute Gasteiger partial charge is 0.410 e. The van der Waals surface area contributed by atoms with Crippen molar-refractivity contribution in [1.29, 1.82) is 0 Å². The molecule has 4 nitrogen and oxygen atoms in total. The number of fused-ring (bicyclic) bond motifs is 1. The number of benzene rings is 3. The van der Waals surface area contributed by atoms with Crippen LogP contribution in [-0.2, 0) is 6.54 Å². The molecule has 0 saturated carbocycles. The van der Waals surface area contributed by atoms with Crippen molar-refractivity contribution in [3.05, 3.63) is 88.0 Å². The minimum atomic E-state index is -0.382. The number of aryl methyl sites for hydroxylation is 1. The lowest BCUT2D eigenvalue weighted by Gasteiger charge is -2.20. The SMILES string of the molecule is CCN(CC)C(=O)Oc1ccc2c(ccn2Cc2ccc(C)cc2)c1-c1cc(Cl)cc(Cl)c1. The van der Waals surface area contributed by atoms with E-state index in [1.807, 2.05) is 44.2 Å². The number of aromatic nitrogens is 1. The van der Waals surface area contributed by atoms with Gasteiger partial charge in [-0.25, -0.2) is 4.79 Å². The molecule has 1 aromatic heterocycles. The number of amides is 1. The van der Waals surface area contributed by atoms with Gasteiger partial charge in [0.2, 0.25) is 0 Å². The molecule has 0 saturated heterocycles. The van der Waals surface area contributed by atoms with E-state index < -0.39 is 0 Å². The molecule has 33 heavy (non-hydrogen) atoms. The summed E-state index contributed by atoms with van der Waals surface area (Å²) in [4.78, 5) is 14.4. The van der Waals surface area contributed by atoms with Gasteiger partial charge in [0.15, 0.2) is 0 Å². The molecule has 0 radical (unpaired) electrons. The number of rotatable bonds is 6. The Labute approximate surface area is 204 Å². The van der Waals surface area contributed by atoms with Gasteiger partial charge in [-0.15, -0.1) is 0 Å². The van der Waals surface area contributed by atoms with Crippen LogP contribution in [0, 0.1) is 6.92 Å². The Morgan fingerprint density at radius 2 is 1.61 bits per heavy atom. The van der Waals surface area contributed by atoms with Crippen molar-refractivity contribution in [2.75, 3.05) is 13.1 Å². The number of nitrogens with zero attached hydrogens (tertiary/aromatic N) is 2. The van der Waals surface area contributed by atoms with Gasteiger partial charge in [-0.05, 0) is 68.3 Å². The molecule has 0 aliphatic rings. The van der Waals surface area contributed by atoms with Crippen molar-refractivity contribution in [1.82, 2.24) is 9.47 Å². The third-order valence-electron chi connectivity index (χ3n) is 5.76. The summed E-state index contributed by atoms with van der Waals surface area (Å²) in [5, 5.41) is 2.01. The van der Waals surface area contributed by atoms with E-state index in [0.717, 1.165) is 28.6 Å². The summed E-state index contributed by atoms with van der Waals surface area (Å²) >= 11 is 12.6. The lowest BCUT2D eigenvalue weighted by atomic mass is 10.0. The molecule has 170 valence electrons. The second-order valence-corrected chi connectivity index (χ2v) is 8.87. The van der Waals surface area contributed by atoms with E-state index in [1.165, 1.54) is 11.1 Å². The van der Waals surface area contributed by atoms with Crippen LogP contribution in [0.25, 0.3) is 22.0 Å². The molecule has 4 aromatic rings. The standard InChI is InChI=1S/C27H26Cl2N2O2/c1-4-30(5-2)27(32)33-25-11-10-24-23(26(25)20-14-21(28)16-22(29)15-20)12-13-31(24)17-19-8-6-18(3)7-9-19/h6-16H,4-5,17H2,1-3H3. The number of hydrogen-bond donors (Lipinski definition) is 0. The molecule has 4 rings (SSSR count). The van der Waals surface area contributed by atoms with Gasteiger partial charge in [-0.1, -0.05) is 53.0 Å². The van der Waals surface area contributed by atoms with Crippen LogP contribution in [0.4, 0.5) is 4.79 Å². The predicted octanol–water partition coefficient (Wildman–Crippen LogP) is 7.81. The summed E-state index contributed by atoms with van der Waals surface area (Å²) in [6.07, 6.45) is 1.67. The van der Waals surface area contributed by atoms with E-state index in [9.17, 15) is 4.79 Å². The van der Waals surface area contributed by atoms with Crippen LogP contribution in [0.5, 0.6) is 5.75 Å². The summed E-state index contributed by atoms with van der Waals surface area (Å²) in [6.45, 7) is 7.82. The summed E-state index contributed by atoms with van der Waals surface area (Å²) in [6, 6.07) is 19.8. The molecule has 0 atom stereocenters. The van der Waals surface area contributed by atoms with Gasteiger partial charge in [0, 0.05) is 52.3 Å². The molecule has 0 unspecified atom stereocenters. The van der Waals surface area contributed by atoms with Crippen molar-refractivity contribution in [3.63, 3.8) is 0 Å². The molecule has 6 heteroatoms. The van der Waals surface area contributed by atoms with E-state index in [4.69, 9.17) is 27.9 Å². The van der Waals surface area contributed by atoms with Crippen LogP contribution in [0.2, 0.25) is 10.0 Å². The summed E-state index contributed by atoms with van der Waals surface area (Å²) in [5.41, 5.74) is 5.07. The van der Waals surface area contributed by atoms with Crippen LogP contribution in [0.15, 0.2) is 66.9 Å². The number of ether oxygens (including phenoxy) is 1. The highest BCUT2D eigenvalue weighted by Gasteiger charge is 2.19. The van der Waals surface area contributed by atoms with E-state index in [2.05, 4.69) is 42.0 Å². The quantitative estimate of drug-likeness (QED) is 0.282.